The second-order valence-electron chi connectivity index (χ2n) is 3.51. The van der Waals surface area contributed by atoms with Crippen molar-refractivity contribution in [3.8, 4) is 0 Å². The number of esters is 1. The molecule has 0 saturated carbocycles. The van der Waals surface area contributed by atoms with Crippen molar-refractivity contribution in [1.29, 1.82) is 0 Å². The summed E-state index contributed by atoms with van der Waals surface area (Å²) in [5, 5.41) is 0. The minimum Gasteiger partial charge on any atom is -0.469 e. The van der Waals surface area contributed by atoms with Crippen molar-refractivity contribution in [3.05, 3.63) is 0 Å². The Labute approximate surface area is 99.7 Å². The van der Waals surface area contributed by atoms with Gasteiger partial charge in [0.2, 0.25) is 0 Å². The van der Waals surface area contributed by atoms with Crippen molar-refractivity contribution < 1.29 is 17.9 Å². The summed E-state index contributed by atoms with van der Waals surface area (Å²) in [7, 11) is 2.96. The summed E-state index contributed by atoms with van der Waals surface area (Å²) < 4.78 is 27.8. The molecule has 1 aliphatic heterocycles. The van der Waals surface area contributed by atoms with E-state index in [9.17, 15) is 13.2 Å². The van der Waals surface area contributed by atoms with Crippen LogP contribution in [-0.4, -0.2) is 63.4 Å². The van der Waals surface area contributed by atoms with Gasteiger partial charge in [-0.15, -0.1) is 0 Å². The van der Waals surface area contributed by atoms with E-state index >= 15 is 0 Å². The first kappa shape index (κ1) is 13.7. The molecular formula is C8H15ClN2O4S. The van der Waals surface area contributed by atoms with Crippen molar-refractivity contribution in [3.63, 3.8) is 0 Å². The van der Waals surface area contributed by atoms with Gasteiger partial charge >= 0.3 is 5.97 Å². The lowest BCUT2D eigenvalue weighted by atomic mass is 10.3. The molecule has 16 heavy (non-hydrogen) atoms. The number of piperazine rings is 1. The first-order valence-electron chi connectivity index (χ1n) is 4.92. The molecule has 0 spiro atoms. The lowest BCUT2D eigenvalue weighted by Crippen LogP contribution is -2.47. The first-order valence-corrected chi connectivity index (χ1v) is 7.19. The largest absolute Gasteiger partial charge is 0.469 e. The third-order valence-corrected chi connectivity index (χ3v) is 4.07. The fourth-order valence-electron chi connectivity index (χ4n) is 1.52. The molecule has 0 radical (unpaired) electrons. The number of rotatable bonds is 4. The van der Waals surface area contributed by atoms with Crippen LogP contribution in [0.5, 0.6) is 0 Å². The molecule has 0 aromatic heterocycles. The average molecular weight is 271 g/mol. The van der Waals surface area contributed by atoms with Gasteiger partial charge in [0.15, 0.2) is 0 Å². The molecule has 0 bridgehead atoms. The zero-order chi connectivity index (χ0) is 12.2. The first-order chi connectivity index (χ1) is 7.43. The van der Waals surface area contributed by atoms with Gasteiger partial charge in [-0.3, -0.25) is 4.79 Å². The Morgan fingerprint density at radius 3 is 2.31 bits per heavy atom. The molecular weight excluding hydrogens is 256 g/mol. The number of ether oxygens (including phenoxy) is 1. The van der Waals surface area contributed by atoms with Gasteiger partial charge < -0.3 is 9.64 Å². The van der Waals surface area contributed by atoms with E-state index in [0.717, 1.165) is 0 Å². The summed E-state index contributed by atoms with van der Waals surface area (Å²) >= 11 is 0. The number of hydrogen-bond acceptors (Lipinski definition) is 5. The summed E-state index contributed by atoms with van der Waals surface area (Å²) in [4.78, 5) is 12.9. The van der Waals surface area contributed by atoms with Crippen LogP contribution in [0.2, 0.25) is 0 Å². The van der Waals surface area contributed by atoms with Crippen LogP contribution in [0.1, 0.15) is 6.42 Å². The molecule has 0 unspecified atom stereocenters. The second-order valence-corrected chi connectivity index (χ2v) is 6.02. The fourth-order valence-corrected chi connectivity index (χ4v) is 2.54. The van der Waals surface area contributed by atoms with E-state index in [1.54, 1.807) is 0 Å². The van der Waals surface area contributed by atoms with Gasteiger partial charge in [0.05, 0.1) is 13.5 Å². The van der Waals surface area contributed by atoms with E-state index in [0.29, 0.717) is 39.1 Å². The van der Waals surface area contributed by atoms with Gasteiger partial charge in [0, 0.05) is 43.4 Å². The highest BCUT2D eigenvalue weighted by molar-refractivity contribution is 8.11. The minimum absolute atomic E-state index is 0.257. The van der Waals surface area contributed by atoms with E-state index in [-0.39, 0.29) is 5.97 Å². The van der Waals surface area contributed by atoms with Gasteiger partial charge in [0.25, 0.3) is 9.24 Å². The Bertz CT molecular complexity index is 338. The summed E-state index contributed by atoms with van der Waals surface area (Å²) in [6.45, 7) is 2.49. The molecule has 8 heteroatoms. The monoisotopic (exact) mass is 270 g/mol. The fraction of sp³-hybridized carbons (Fsp3) is 0.875. The Hall–Kier alpha value is -0.370. The smallest absolute Gasteiger partial charge is 0.306 e. The number of nitrogens with zero attached hydrogens (tertiary/aromatic N) is 2. The Morgan fingerprint density at radius 1 is 1.31 bits per heavy atom. The molecule has 0 N–H and O–H groups in total. The van der Waals surface area contributed by atoms with Gasteiger partial charge in [-0.05, 0) is 0 Å². The molecule has 0 amide bonds. The van der Waals surface area contributed by atoms with Crippen molar-refractivity contribution in [1.82, 2.24) is 9.21 Å². The predicted molar refractivity (Wildman–Crippen MR) is 59.4 cm³/mol. The Morgan fingerprint density at radius 2 is 1.88 bits per heavy atom. The second kappa shape index (κ2) is 5.81. The van der Waals surface area contributed by atoms with Crippen LogP contribution in [0.25, 0.3) is 0 Å². The topological polar surface area (TPSA) is 66.9 Å². The number of halogens is 1. The standard InChI is InChI=1S/C8H15ClN2O4S/c1-15-8(12)2-3-10-4-6-11(7-5-10)16(9,13)14/h2-7H2,1H3. The Kier molecular flexibility index (Phi) is 4.97. The van der Waals surface area contributed by atoms with Crippen LogP contribution >= 0.6 is 10.7 Å². The molecule has 1 heterocycles. The van der Waals surface area contributed by atoms with Crippen LogP contribution in [0.15, 0.2) is 0 Å². The van der Waals surface area contributed by atoms with E-state index in [4.69, 9.17) is 10.7 Å². The van der Waals surface area contributed by atoms with E-state index < -0.39 is 9.24 Å². The number of carbonyl (C=O) groups is 1. The van der Waals surface area contributed by atoms with Gasteiger partial charge in [0.1, 0.15) is 0 Å². The van der Waals surface area contributed by atoms with Crippen LogP contribution < -0.4 is 0 Å². The molecule has 0 aromatic rings. The maximum Gasteiger partial charge on any atom is 0.306 e. The SMILES string of the molecule is COC(=O)CCN1CCN(S(=O)(=O)Cl)CC1. The van der Waals surface area contributed by atoms with Crippen molar-refractivity contribution >= 4 is 25.9 Å². The highest BCUT2D eigenvalue weighted by Crippen LogP contribution is 2.10. The van der Waals surface area contributed by atoms with Crippen molar-refractivity contribution in [2.45, 2.75) is 6.42 Å². The van der Waals surface area contributed by atoms with Crippen LogP contribution in [0, 0.1) is 0 Å². The third-order valence-electron chi connectivity index (χ3n) is 2.50. The van der Waals surface area contributed by atoms with Gasteiger partial charge in [-0.2, -0.15) is 12.7 Å². The van der Waals surface area contributed by atoms with Crippen molar-refractivity contribution in [2.75, 3.05) is 39.8 Å². The summed E-state index contributed by atoms with van der Waals surface area (Å²) in [6, 6.07) is 0. The summed E-state index contributed by atoms with van der Waals surface area (Å²) in [5.74, 6) is -0.257. The highest BCUT2D eigenvalue weighted by Gasteiger charge is 2.24. The number of hydrogen-bond donors (Lipinski definition) is 0. The molecule has 0 aromatic carbocycles. The molecule has 1 aliphatic rings. The maximum atomic E-state index is 11.0. The zero-order valence-electron chi connectivity index (χ0n) is 9.06. The normalized spacial score (nSPS) is 19.6. The van der Waals surface area contributed by atoms with Crippen LogP contribution in [-0.2, 0) is 18.8 Å². The molecule has 0 atom stereocenters. The van der Waals surface area contributed by atoms with Crippen molar-refractivity contribution in [2.24, 2.45) is 0 Å². The molecule has 1 rings (SSSR count). The van der Waals surface area contributed by atoms with Crippen LogP contribution in [0.3, 0.4) is 0 Å². The molecule has 0 aliphatic carbocycles. The Balaban J connectivity index is 2.30. The van der Waals surface area contributed by atoms with E-state index in [1.165, 1.54) is 11.4 Å². The quantitative estimate of drug-likeness (QED) is 0.516. The third kappa shape index (κ3) is 4.25. The maximum absolute atomic E-state index is 11.0. The minimum atomic E-state index is -3.60. The highest BCUT2D eigenvalue weighted by atomic mass is 35.7. The molecule has 6 nitrogen and oxygen atoms in total. The summed E-state index contributed by atoms with van der Waals surface area (Å²) in [6.07, 6.45) is 0.324. The van der Waals surface area contributed by atoms with Gasteiger partial charge in [-0.25, -0.2) is 0 Å². The van der Waals surface area contributed by atoms with E-state index in [1.807, 2.05) is 4.90 Å². The zero-order valence-corrected chi connectivity index (χ0v) is 10.6. The predicted octanol–water partition coefficient (Wildman–Crippen LogP) is -0.349. The van der Waals surface area contributed by atoms with Crippen LogP contribution in [0.4, 0.5) is 0 Å². The summed E-state index contributed by atoms with van der Waals surface area (Å²) in [5.41, 5.74) is 0. The lowest BCUT2D eigenvalue weighted by molar-refractivity contribution is -0.141. The number of carbonyl (C=O) groups excluding carboxylic acids is 1. The molecule has 1 saturated heterocycles. The van der Waals surface area contributed by atoms with E-state index in [2.05, 4.69) is 4.74 Å². The van der Waals surface area contributed by atoms with Gasteiger partial charge in [-0.1, -0.05) is 0 Å². The molecule has 94 valence electrons. The molecule has 1 fully saturated rings. The number of methoxy groups -OCH3 is 1. The average Bonchev–Trinajstić information content (AvgIpc) is 2.25. The lowest BCUT2D eigenvalue weighted by Gasteiger charge is -2.32.